The number of fused-ring (bicyclic) bond motifs is 7. The van der Waals surface area contributed by atoms with E-state index in [1.54, 1.807) is 0 Å². The van der Waals surface area contributed by atoms with Crippen molar-refractivity contribution in [3.05, 3.63) is 223 Å². The van der Waals surface area contributed by atoms with Crippen molar-refractivity contribution in [1.82, 2.24) is 14.5 Å². The van der Waals surface area contributed by atoms with E-state index >= 15 is 0 Å². The van der Waals surface area contributed by atoms with Gasteiger partial charge in [-0.05, 0) is 104 Å². The Morgan fingerprint density at radius 2 is 0.952 bits per heavy atom. The molecular formula is C59H41N3. The van der Waals surface area contributed by atoms with Crippen molar-refractivity contribution < 1.29 is 0 Å². The summed E-state index contributed by atoms with van der Waals surface area (Å²) in [6.07, 6.45) is 0. The minimum atomic E-state index is -0.0914. The zero-order chi connectivity index (χ0) is 41.4. The van der Waals surface area contributed by atoms with Crippen molar-refractivity contribution in [3.63, 3.8) is 0 Å². The summed E-state index contributed by atoms with van der Waals surface area (Å²) < 4.78 is 2.36. The molecule has 1 aliphatic rings. The molecule has 12 rings (SSSR count). The van der Waals surface area contributed by atoms with Crippen LogP contribution in [0.2, 0.25) is 0 Å². The molecule has 0 unspecified atom stereocenters. The van der Waals surface area contributed by atoms with Gasteiger partial charge in [-0.2, -0.15) is 0 Å². The Morgan fingerprint density at radius 3 is 1.68 bits per heavy atom. The van der Waals surface area contributed by atoms with E-state index in [1.165, 1.54) is 71.5 Å². The molecule has 292 valence electrons. The van der Waals surface area contributed by atoms with Crippen molar-refractivity contribution in [2.45, 2.75) is 19.3 Å². The van der Waals surface area contributed by atoms with Gasteiger partial charge in [-0.3, -0.25) is 0 Å². The Morgan fingerprint density at radius 1 is 0.371 bits per heavy atom. The number of para-hydroxylation sites is 2. The highest BCUT2D eigenvalue weighted by molar-refractivity contribution is 6.10. The van der Waals surface area contributed by atoms with E-state index in [0.29, 0.717) is 5.82 Å². The van der Waals surface area contributed by atoms with Crippen LogP contribution in [-0.2, 0) is 5.41 Å². The van der Waals surface area contributed by atoms with Crippen molar-refractivity contribution in [3.8, 4) is 73.0 Å². The van der Waals surface area contributed by atoms with Gasteiger partial charge in [0.1, 0.15) is 0 Å². The van der Waals surface area contributed by atoms with Gasteiger partial charge in [0.15, 0.2) is 5.82 Å². The van der Waals surface area contributed by atoms with E-state index in [2.05, 4.69) is 213 Å². The summed E-state index contributed by atoms with van der Waals surface area (Å²) in [5, 5.41) is 5.04. The smallest absolute Gasteiger partial charge is 0.160 e. The topological polar surface area (TPSA) is 30.7 Å². The molecule has 0 aliphatic heterocycles. The van der Waals surface area contributed by atoms with Crippen LogP contribution in [0.3, 0.4) is 0 Å². The fourth-order valence-corrected chi connectivity index (χ4v) is 9.83. The second-order valence-corrected chi connectivity index (χ2v) is 17.0. The van der Waals surface area contributed by atoms with Crippen molar-refractivity contribution >= 4 is 32.6 Å². The predicted octanol–water partition coefficient (Wildman–Crippen LogP) is 15.4. The summed E-state index contributed by atoms with van der Waals surface area (Å²) in [6, 6.07) is 76.6. The number of rotatable bonds is 6. The Hall–Kier alpha value is -7.88. The zero-order valence-electron chi connectivity index (χ0n) is 34.5. The van der Waals surface area contributed by atoms with Gasteiger partial charge in [0.05, 0.1) is 22.4 Å². The third kappa shape index (κ3) is 5.81. The number of aromatic nitrogens is 3. The lowest BCUT2D eigenvalue weighted by Gasteiger charge is -2.22. The largest absolute Gasteiger partial charge is 0.309 e. The first-order valence-corrected chi connectivity index (χ1v) is 21.4. The minimum absolute atomic E-state index is 0.0914. The van der Waals surface area contributed by atoms with E-state index in [-0.39, 0.29) is 5.41 Å². The molecule has 0 saturated heterocycles. The first kappa shape index (κ1) is 36.0. The number of nitrogens with zero attached hydrogens (tertiary/aromatic N) is 3. The van der Waals surface area contributed by atoms with Crippen LogP contribution in [0.15, 0.2) is 212 Å². The van der Waals surface area contributed by atoms with Gasteiger partial charge in [-0.1, -0.05) is 178 Å². The molecule has 0 spiro atoms. The van der Waals surface area contributed by atoms with Crippen LogP contribution in [0.4, 0.5) is 0 Å². The molecule has 2 aromatic heterocycles. The molecule has 3 nitrogen and oxygen atoms in total. The summed E-state index contributed by atoms with van der Waals surface area (Å²) in [6.45, 7) is 4.71. The van der Waals surface area contributed by atoms with Crippen LogP contribution in [0.25, 0.3) is 106 Å². The molecule has 1 aliphatic carbocycles. The molecular weight excluding hydrogens is 751 g/mol. The third-order valence-electron chi connectivity index (χ3n) is 13.0. The molecule has 0 radical (unpaired) electrons. The molecule has 11 aromatic rings. The second kappa shape index (κ2) is 14.1. The van der Waals surface area contributed by atoms with E-state index in [9.17, 15) is 0 Å². The number of hydrogen-bond acceptors (Lipinski definition) is 2. The Bertz CT molecular complexity index is 3510. The average Bonchev–Trinajstić information content (AvgIpc) is 3.78. The molecule has 62 heavy (non-hydrogen) atoms. The summed E-state index contributed by atoms with van der Waals surface area (Å²) in [4.78, 5) is 10.3. The molecule has 0 N–H and O–H groups in total. The Kier molecular flexibility index (Phi) is 8.20. The molecule has 0 amide bonds. The van der Waals surface area contributed by atoms with Crippen LogP contribution >= 0.6 is 0 Å². The zero-order valence-corrected chi connectivity index (χ0v) is 34.5. The molecule has 2 heterocycles. The van der Waals surface area contributed by atoms with Gasteiger partial charge < -0.3 is 4.57 Å². The Balaban J connectivity index is 0.911. The van der Waals surface area contributed by atoms with E-state index in [1.807, 2.05) is 18.2 Å². The highest BCUT2D eigenvalue weighted by Crippen LogP contribution is 2.53. The molecule has 0 fully saturated rings. The SMILES string of the molecule is CC1(C)c2cc3ccccc3cc2-c2c(-c3ccc(-c4cc(-c5ccc(-c6ccc7c(c6)c6ccccc6n7-c6ccccc6)cc5)nc(-c5ccccc5)n4)cc3)cccc21. The standard InChI is InChI=1S/C59H41N3/c1-59(2)51-22-13-21-47(57(51)50-35-43-16-9-10-17-44(43)36-52(50)59)39-26-30-41(31-27-39)54-37-53(60-58(61-54)42-14-5-3-6-15-42)40-28-24-38(25-29-40)45-32-33-56-49(34-45)48-20-11-12-23-55(48)62(56)46-18-7-4-8-19-46/h3-37H,1-2H3. The lowest BCUT2D eigenvalue weighted by molar-refractivity contribution is 0.661. The van der Waals surface area contributed by atoms with Crippen LogP contribution < -0.4 is 0 Å². The molecule has 0 saturated carbocycles. The summed E-state index contributed by atoms with van der Waals surface area (Å²) in [5.74, 6) is 0.707. The fourth-order valence-electron chi connectivity index (χ4n) is 9.83. The number of benzene rings is 9. The van der Waals surface area contributed by atoms with E-state index in [0.717, 1.165) is 39.3 Å². The maximum absolute atomic E-state index is 5.17. The van der Waals surface area contributed by atoms with Crippen molar-refractivity contribution in [1.29, 1.82) is 0 Å². The summed E-state index contributed by atoms with van der Waals surface area (Å²) in [5.41, 5.74) is 18.5. The van der Waals surface area contributed by atoms with Crippen molar-refractivity contribution in [2.75, 3.05) is 0 Å². The van der Waals surface area contributed by atoms with Gasteiger partial charge >= 0.3 is 0 Å². The quantitative estimate of drug-likeness (QED) is 0.168. The summed E-state index contributed by atoms with van der Waals surface area (Å²) in [7, 11) is 0. The Labute approximate surface area is 361 Å². The van der Waals surface area contributed by atoms with E-state index in [4.69, 9.17) is 9.97 Å². The highest BCUT2D eigenvalue weighted by Gasteiger charge is 2.37. The summed E-state index contributed by atoms with van der Waals surface area (Å²) >= 11 is 0. The molecule has 0 atom stereocenters. The molecule has 3 heteroatoms. The van der Waals surface area contributed by atoms with Gasteiger partial charge in [-0.15, -0.1) is 0 Å². The normalized spacial score (nSPS) is 12.8. The predicted molar refractivity (Wildman–Crippen MR) is 259 cm³/mol. The van der Waals surface area contributed by atoms with Crippen LogP contribution in [0, 0.1) is 0 Å². The van der Waals surface area contributed by atoms with Gasteiger partial charge in [0.2, 0.25) is 0 Å². The number of hydrogen-bond donors (Lipinski definition) is 0. The fraction of sp³-hybridized carbons (Fsp3) is 0.0508. The van der Waals surface area contributed by atoms with Crippen LogP contribution in [0.1, 0.15) is 25.0 Å². The minimum Gasteiger partial charge on any atom is -0.309 e. The highest BCUT2D eigenvalue weighted by atomic mass is 15.0. The lowest BCUT2D eigenvalue weighted by Crippen LogP contribution is -2.14. The van der Waals surface area contributed by atoms with Crippen LogP contribution in [-0.4, -0.2) is 14.5 Å². The van der Waals surface area contributed by atoms with Crippen molar-refractivity contribution in [2.24, 2.45) is 0 Å². The third-order valence-corrected chi connectivity index (χ3v) is 13.0. The van der Waals surface area contributed by atoms with Gasteiger partial charge in [0.25, 0.3) is 0 Å². The maximum Gasteiger partial charge on any atom is 0.160 e. The van der Waals surface area contributed by atoms with Crippen LogP contribution in [0.5, 0.6) is 0 Å². The first-order chi connectivity index (χ1) is 30.5. The molecule has 9 aromatic carbocycles. The maximum atomic E-state index is 5.17. The first-order valence-electron chi connectivity index (χ1n) is 21.4. The monoisotopic (exact) mass is 791 g/mol. The van der Waals surface area contributed by atoms with Gasteiger partial charge in [-0.25, -0.2) is 9.97 Å². The molecule has 0 bridgehead atoms. The lowest BCUT2D eigenvalue weighted by atomic mass is 9.81. The van der Waals surface area contributed by atoms with E-state index < -0.39 is 0 Å². The van der Waals surface area contributed by atoms with Gasteiger partial charge in [0, 0.05) is 38.6 Å². The second-order valence-electron chi connectivity index (χ2n) is 17.0. The average molecular weight is 792 g/mol.